The van der Waals surface area contributed by atoms with Crippen LogP contribution < -0.4 is 10.6 Å². The van der Waals surface area contributed by atoms with Crippen LogP contribution in [0.5, 0.6) is 0 Å². The van der Waals surface area contributed by atoms with Gasteiger partial charge in [-0.05, 0) is 44.0 Å². The van der Waals surface area contributed by atoms with E-state index in [4.69, 9.17) is 0 Å². The zero-order chi connectivity index (χ0) is 18.8. The highest BCUT2D eigenvalue weighted by molar-refractivity contribution is 6.05. The van der Waals surface area contributed by atoms with Gasteiger partial charge in [0.1, 0.15) is 18.7 Å². The average Bonchev–Trinajstić information content (AvgIpc) is 3.17. The Bertz CT molecular complexity index is 943. The highest BCUT2D eigenvalue weighted by Crippen LogP contribution is 2.40. The molecule has 138 valence electrons. The first-order valence-electron chi connectivity index (χ1n) is 8.71. The minimum Gasteiger partial charge on any atom is -0.324 e. The second-order valence-electron chi connectivity index (χ2n) is 6.54. The molecule has 1 aliphatic carbocycles. The van der Waals surface area contributed by atoms with Gasteiger partial charge in [-0.15, -0.1) is 0 Å². The minimum atomic E-state index is -0.478. The molecule has 1 fully saturated rings. The van der Waals surface area contributed by atoms with Crippen molar-refractivity contribution in [3.8, 4) is 0 Å². The SMILES string of the molecule is CC(C(=O)Nc1ccc(NC(=O)c2cn[nH]c2C2CC2)cc1)n1cncn1. The molecule has 1 saturated carbocycles. The molecule has 1 aliphatic rings. The number of carbonyl (C=O) groups is 2. The number of benzene rings is 1. The first-order valence-corrected chi connectivity index (χ1v) is 8.71. The van der Waals surface area contributed by atoms with Crippen molar-refractivity contribution in [1.29, 1.82) is 0 Å². The maximum Gasteiger partial charge on any atom is 0.259 e. The third-order valence-corrected chi connectivity index (χ3v) is 4.52. The number of rotatable bonds is 6. The van der Waals surface area contributed by atoms with Gasteiger partial charge in [-0.2, -0.15) is 10.2 Å². The van der Waals surface area contributed by atoms with Gasteiger partial charge in [-0.1, -0.05) is 0 Å². The number of carbonyl (C=O) groups excluding carboxylic acids is 2. The lowest BCUT2D eigenvalue weighted by Gasteiger charge is -2.12. The minimum absolute atomic E-state index is 0.192. The zero-order valence-corrected chi connectivity index (χ0v) is 14.7. The number of hydrogen-bond donors (Lipinski definition) is 3. The Morgan fingerprint density at radius 3 is 2.52 bits per heavy atom. The van der Waals surface area contributed by atoms with E-state index in [2.05, 4.69) is 30.9 Å². The van der Waals surface area contributed by atoms with Crippen LogP contribution in [0, 0.1) is 0 Å². The highest BCUT2D eigenvalue weighted by Gasteiger charge is 2.29. The number of nitrogens with one attached hydrogen (secondary N) is 3. The molecule has 0 aliphatic heterocycles. The lowest BCUT2D eigenvalue weighted by atomic mass is 10.1. The summed E-state index contributed by atoms with van der Waals surface area (Å²) in [5.74, 6) is 0.0183. The van der Waals surface area contributed by atoms with Crippen molar-refractivity contribution in [2.24, 2.45) is 0 Å². The monoisotopic (exact) mass is 365 g/mol. The number of aromatic nitrogens is 5. The molecule has 0 spiro atoms. The van der Waals surface area contributed by atoms with Gasteiger partial charge < -0.3 is 10.6 Å². The van der Waals surface area contributed by atoms with Gasteiger partial charge in [0.25, 0.3) is 5.91 Å². The van der Waals surface area contributed by atoms with Crippen LogP contribution in [0.4, 0.5) is 11.4 Å². The molecular weight excluding hydrogens is 346 g/mol. The third-order valence-electron chi connectivity index (χ3n) is 4.52. The molecule has 0 bridgehead atoms. The molecule has 27 heavy (non-hydrogen) atoms. The molecule has 1 atom stereocenters. The summed E-state index contributed by atoms with van der Waals surface area (Å²) in [7, 11) is 0. The summed E-state index contributed by atoms with van der Waals surface area (Å²) in [5, 5.41) is 16.5. The van der Waals surface area contributed by atoms with Crippen molar-refractivity contribution in [3.63, 3.8) is 0 Å². The molecule has 0 radical (unpaired) electrons. The first-order chi connectivity index (χ1) is 13.1. The van der Waals surface area contributed by atoms with E-state index >= 15 is 0 Å². The lowest BCUT2D eigenvalue weighted by molar-refractivity contribution is -0.119. The zero-order valence-electron chi connectivity index (χ0n) is 14.7. The fraction of sp³-hybridized carbons (Fsp3) is 0.278. The quantitative estimate of drug-likeness (QED) is 0.620. The van der Waals surface area contributed by atoms with Crippen LogP contribution in [-0.2, 0) is 4.79 Å². The number of anilines is 2. The van der Waals surface area contributed by atoms with E-state index in [0.29, 0.717) is 22.9 Å². The van der Waals surface area contributed by atoms with Gasteiger partial charge in [0.15, 0.2) is 0 Å². The molecule has 2 amide bonds. The molecule has 3 N–H and O–H groups in total. The number of aromatic amines is 1. The van der Waals surface area contributed by atoms with Crippen LogP contribution in [0.2, 0.25) is 0 Å². The Kier molecular flexibility index (Phi) is 4.41. The molecule has 1 unspecified atom stereocenters. The van der Waals surface area contributed by atoms with Crippen molar-refractivity contribution < 1.29 is 9.59 Å². The molecule has 4 rings (SSSR count). The molecule has 2 aromatic heterocycles. The average molecular weight is 365 g/mol. The van der Waals surface area contributed by atoms with E-state index in [9.17, 15) is 9.59 Å². The van der Waals surface area contributed by atoms with Crippen LogP contribution in [0.3, 0.4) is 0 Å². The Balaban J connectivity index is 1.38. The summed E-state index contributed by atoms with van der Waals surface area (Å²) < 4.78 is 1.48. The van der Waals surface area contributed by atoms with Crippen LogP contribution in [0.25, 0.3) is 0 Å². The molecule has 9 nitrogen and oxygen atoms in total. The number of H-pyrrole nitrogens is 1. The van der Waals surface area contributed by atoms with Crippen LogP contribution in [0.1, 0.15) is 47.8 Å². The number of amides is 2. The van der Waals surface area contributed by atoms with E-state index in [0.717, 1.165) is 18.5 Å². The van der Waals surface area contributed by atoms with Crippen molar-refractivity contribution in [1.82, 2.24) is 25.0 Å². The van der Waals surface area contributed by atoms with Crippen LogP contribution >= 0.6 is 0 Å². The highest BCUT2D eigenvalue weighted by atomic mass is 16.2. The maximum atomic E-state index is 12.5. The molecule has 0 saturated heterocycles. The standard InChI is InChI=1S/C18H19N7O2/c1-11(25-10-19-9-21-25)17(26)22-13-4-6-14(7-5-13)23-18(27)15-8-20-24-16(15)12-2-3-12/h4-12H,2-3H2,1H3,(H,20,24)(H,22,26)(H,23,27). The molecule has 3 aromatic rings. The second kappa shape index (κ2) is 7.02. The Morgan fingerprint density at radius 1 is 1.19 bits per heavy atom. The van der Waals surface area contributed by atoms with Gasteiger partial charge >= 0.3 is 0 Å². The van der Waals surface area contributed by atoms with E-state index < -0.39 is 6.04 Å². The Morgan fingerprint density at radius 2 is 1.89 bits per heavy atom. The van der Waals surface area contributed by atoms with Gasteiger partial charge in [0.05, 0.1) is 17.5 Å². The summed E-state index contributed by atoms with van der Waals surface area (Å²) in [4.78, 5) is 28.6. The van der Waals surface area contributed by atoms with Crippen LogP contribution in [0.15, 0.2) is 43.1 Å². The smallest absolute Gasteiger partial charge is 0.259 e. The maximum absolute atomic E-state index is 12.5. The van der Waals surface area contributed by atoms with E-state index in [-0.39, 0.29) is 11.8 Å². The summed E-state index contributed by atoms with van der Waals surface area (Å²) in [5.41, 5.74) is 2.76. The normalized spacial score (nSPS) is 14.6. The van der Waals surface area contributed by atoms with Gasteiger partial charge in [-0.25, -0.2) is 9.67 Å². The van der Waals surface area contributed by atoms with E-state index in [1.165, 1.54) is 17.3 Å². The Hall–Kier alpha value is -3.49. The van der Waals surface area contributed by atoms with Crippen molar-refractivity contribution >= 4 is 23.2 Å². The first kappa shape index (κ1) is 17.0. The largest absolute Gasteiger partial charge is 0.324 e. The van der Waals surface area contributed by atoms with Crippen LogP contribution in [-0.4, -0.2) is 36.8 Å². The predicted molar refractivity (Wildman–Crippen MR) is 98.3 cm³/mol. The Labute approximate surface area is 155 Å². The lowest BCUT2D eigenvalue weighted by Crippen LogP contribution is -2.24. The summed E-state index contributed by atoms with van der Waals surface area (Å²) in [6.45, 7) is 1.74. The third kappa shape index (κ3) is 3.71. The topological polar surface area (TPSA) is 118 Å². The fourth-order valence-electron chi connectivity index (χ4n) is 2.78. The van der Waals surface area contributed by atoms with Crippen molar-refractivity contribution in [2.45, 2.75) is 31.7 Å². The van der Waals surface area contributed by atoms with Crippen molar-refractivity contribution in [3.05, 3.63) is 54.4 Å². The number of hydrogen-bond acceptors (Lipinski definition) is 5. The second-order valence-corrected chi connectivity index (χ2v) is 6.54. The van der Waals surface area contributed by atoms with Gasteiger partial charge in [0, 0.05) is 17.3 Å². The summed E-state index contributed by atoms with van der Waals surface area (Å²) in [6.07, 6.45) is 6.61. The summed E-state index contributed by atoms with van der Waals surface area (Å²) in [6, 6.07) is 6.47. The van der Waals surface area contributed by atoms with E-state index in [1.807, 2.05) is 0 Å². The number of nitrogens with zero attached hydrogens (tertiary/aromatic N) is 4. The molecule has 9 heteroatoms. The fourth-order valence-corrected chi connectivity index (χ4v) is 2.78. The molecule has 2 heterocycles. The molecule has 1 aromatic carbocycles. The van der Waals surface area contributed by atoms with Gasteiger partial charge in [0.2, 0.25) is 5.91 Å². The van der Waals surface area contributed by atoms with Crippen molar-refractivity contribution in [2.75, 3.05) is 10.6 Å². The van der Waals surface area contributed by atoms with Gasteiger partial charge in [-0.3, -0.25) is 14.7 Å². The molecular formula is C18H19N7O2. The summed E-state index contributed by atoms with van der Waals surface area (Å²) >= 11 is 0. The predicted octanol–water partition coefficient (Wildman–Crippen LogP) is 2.33. The van der Waals surface area contributed by atoms with E-state index in [1.54, 1.807) is 37.4 Å².